The van der Waals surface area contributed by atoms with Gasteiger partial charge in [0.15, 0.2) is 0 Å². The fourth-order valence-corrected chi connectivity index (χ4v) is 3.52. The third kappa shape index (κ3) is 2.95. The fourth-order valence-electron chi connectivity index (χ4n) is 3.52. The number of likely N-dealkylation sites (tertiary alicyclic amines) is 1. The molecule has 1 aromatic heterocycles. The fraction of sp³-hybridized carbons (Fsp3) is 0.526. The van der Waals surface area contributed by atoms with Crippen LogP contribution in [0, 0.1) is 0 Å². The van der Waals surface area contributed by atoms with Crippen LogP contribution in [0.1, 0.15) is 40.5 Å². The summed E-state index contributed by atoms with van der Waals surface area (Å²) in [4.78, 5) is 7.00. The van der Waals surface area contributed by atoms with Crippen LogP contribution in [0.4, 0.5) is 0 Å². The first-order valence-corrected chi connectivity index (χ1v) is 8.26. The zero-order chi connectivity index (χ0) is 15.7. The summed E-state index contributed by atoms with van der Waals surface area (Å²) in [7, 11) is 0. The summed E-state index contributed by atoms with van der Waals surface area (Å²) in [6, 6.07) is 10.8. The molecule has 2 aromatic rings. The molecule has 1 aromatic carbocycles. The van der Waals surface area contributed by atoms with Crippen LogP contribution in [0.25, 0.3) is 10.9 Å². The lowest BCUT2D eigenvalue weighted by Gasteiger charge is -2.36. The Morgan fingerprint density at radius 2 is 2.00 bits per heavy atom. The van der Waals surface area contributed by atoms with Gasteiger partial charge in [-0.25, -0.2) is 0 Å². The number of pyridine rings is 1. The Balaban J connectivity index is 1.81. The minimum absolute atomic E-state index is 0.194. The molecule has 2 heterocycles. The molecular weight excluding hydrogens is 272 g/mol. The molecular formula is C19H26N2O. The molecule has 22 heavy (non-hydrogen) atoms. The molecule has 1 saturated heterocycles. The average molecular weight is 298 g/mol. The number of ether oxygens (including phenoxy) is 1. The van der Waals surface area contributed by atoms with Crippen molar-refractivity contribution in [2.24, 2.45) is 0 Å². The Morgan fingerprint density at radius 1 is 1.23 bits per heavy atom. The molecule has 3 heteroatoms. The van der Waals surface area contributed by atoms with Gasteiger partial charge in [0.2, 0.25) is 0 Å². The SMILES string of the molecule is CCC1CC(Oc2ccnc3ccccc23)CN1C(C)(C)C. The molecule has 0 radical (unpaired) electrons. The van der Waals surface area contributed by atoms with Crippen LogP contribution in [0.5, 0.6) is 5.75 Å². The highest BCUT2D eigenvalue weighted by Gasteiger charge is 2.38. The van der Waals surface area contributed by atoms with E-state index in [1.54, 1.807) is 0 Å². The summed E-state index contributed by atoms with van der Waals surface area (Å²) in [5, 5.41) is 1.10. The highest BCUT2D eigenvalue weighted by atomic mass is 16.5. The highest BCUT2D eigenvalue weighted by molar-refractivity contribution is 5.84. The second-order valence-electron chi connectivity index (χ2n) is 7.19. The van der Waals surface area contributed by atoms with Crippen molar-refractivity contribution in [3.05, 3.63) is 36.5 Å². The molecule has 118 valence electrons. The van der Waals surface area contributed by atoms with Crippen molar-refractivity contribution in [2.75, 3.05) is 6.54 Å². The predicted molar refractivity (Wildman–Crippen MR) is 91.3 cm³/mol. The van der Waals surface area contributed by atoms with E-state index in [4.69, 9.17) is 4.74 Å². The van der Waals surface area contributed by atoms with Gasteiger partial charge in [-0.05, 0) is 45.4 Å². The number of hydrogen-bond donors (Lipinski definition) is 0. The number of hydrogen-bond acceptors (Lipinski definition) is 3. The van der Waals surface area contributed by atoms with Gasteiger partial charge in [-0.15, -0.1) is 0 Å². The maximum atomic E-state index is 6.36. The smallest absolute Gasteiger partial charge is 0.130 e. The van der Waals surface area contributed by atoms with Gasteiger partial charge in [0.1, 0.15) is 11.9 Å². The van der Waals surface area contributed by atoms with Crippen LogP contribution in [-0.4, -0.2) is 34.1 Å². The highest BCUT2D eigenvalue weighted by Crippen LogP contribution is 2.32. The molecule has 3 nitrogen and oxygen atoms in total. The van der Waals surface area contributed by atoms with Crippen LogP contribution in [-0.2, 0) is 0 Å². The van der Waals surface area contributed by atoms with Gasteiger partial charge in [-0.1, -0.05) is 19.1 Å². The Labute approximate surface area is 133 Å². The zero-order valence-electron chi connectivity index (χ0n) is 14.0. The molecule has 2 unspecified atom stereocenters. The molecule has 0 amide bonds. The van der Waals surface area contributed by atoms with E-state index in [0.29, 0.717) is 6.04 Å². The summed E-state index contributed by atoms with van der Waals surface area (Å²) >= 11 is 0. The van der Waals surface area contributed by atoms with Crippen LogP contribution < -0.4 is 4.74 Å². The standard InChI is InChI=1S/C19H26N2O/c1-5-14-12-15(13-21(14)19(2,3)4)22-18-10-11-20-17-9-7-6-8-16(17)18/h6-11,14-15H,5,12-13H2,1-4H3. The first kappa shape index (κ1) is 15.3. The zero-order valence-corrected chi connectivity index (χ0v) is 14.0. The topological polar surface area (TPSA) is 25.4 Å². The Kier molecular flexibility index (Phi) is 4.09. The summed E-state index contributed by atoms with van der Waals surface area (Å²) in [5.41, 5.74) is 1.19. The Morgan fingerprint density at radius 3 is 2.68 bits per heavy atom. The van der Waals surface area contributed by atoms with E-state index in [1.807, 2.05) is 30.5 Å². The maximum absolute atomic E-state index is 6.36. The van der Waals surface area contributed by atoms with Gasteiger partial charge >= 0.3 is 0 Å². The molecule has 0 saturated carbocycles. The summed E-state index contributed by atoms with van der Waals surface area (Å²) in [5.74, 6) is 0.959. The summed E-state index contributed by atoms with van der Waals surface area (Å²) in [6.45, 7) is 10.1. The van der Waals surface area contributed by atoms with E-state index in [-0.39, 0.29) is 11.6 Å². The first-order chi connectivity index (χ1) is 10.5. The Hall–Kier alpha value is -1.61. The quantitative estimate of drug-likeness (QED) is 0.846. The lowest BCUT2D eigenvalue weighted by atomic mass is 10.0. The molecule has 1 fully saturated rings. The van der Waals surface area contributed by atoms with Crippen LogP contribution in [0.3, 0.4) is 0 Å². The van der Waals surface area contributed by atoms with Gasteiger partial charge in [0.25, 0.3) is 0 Å². The molecule has 0 aliphatic carbocycles. The molecule has 0 N–H and O–H groups in total. The molecule has 0 spiro atoms. The summed E-state index contributed by atoms with van der Waals surface area (Å²) < 4.78 is 6.36. The first-order valence-electron chi connectivity index (χ1n) is 8.26. The normalized spacial score (nSPS) is 23.1. The van der Waals surface area contributed by atoms with Gasteiger partial charge in [-0.3, -0.25) is 9.88 Å². The van der Waals surface area contributed by atoms with Crippen molar-refractivity contribution in [3.8, 4) is 5.75 Å². The number of rotatable bonds is 3. The number of benzene rings is 1. The molecule has 1 aliphatic heterocycles. The van der Waals surface area contributed by atoms with E-state index in [2.05, 4.69) is 43.6 Å². The lowest BCUT2D eigenvalue weighted by Crippen LogP contribution is -2.44. The summed E-state index contributed by atoms with van der Waals surface area (Å²) in [6.07, 6.45) is 4.37. The van der Waals surface area contributed by atoms with Crippen LogP contribution >= 0.6 is 0 Å². The molecule has 0 bridgehead atoms. The van der Waals surface area contributed by atoms with E-state index < -0.39 is 0 Å². The van der Waals surface area contributed by atoms with Crippen LogP contribution in [0.15, 0.2) is 36.5 Å². The predicted octanol–water partition coefficient (Wildman–Crippen LogP) is 4.27. The van der Waals surface area contributed by atoms with Gasteiger partial charge in [0.05, 0.1) is 5.52 Å². The third-order valence-electron chi connectivity index (χ3n) is 4.61. The van der Waals surface area contributed by atoms with Crippen molar-refractivity contribution < 1.29 is 4.74 Å². The third-order valence-corrected chi connectivity index (χ3v) is 4.61. The Bertz CT molecular complexity index is 642. The van der Waals surface area contributed by atoms with Crippen molar-refractivity contribution in [3.63, 3.8) is 0 Å². The van der Waals surface area contributed by atoms with Gasteiger partial charge in [-0.2, -0.15) is 0 Å². The number of fused-ring (bicyclic) bond motifs is 1. The second-order valence-corrected chi connectivity index (χ2v) is 7.19. The van der Waals surface area contributed by atoms with Gasteiger partial charge < -0.3 is 4.74 Å². The average Bonchev–Trinajstić information content (AvgIpc) is 2.91. The largest absolute Gasteiger partial charge is 0.488 e. The second kappa shape index (κ2) is 5.88. The number of aromatic nitrogens is 1. The number of para-hydroxylation sites is 1. The maximum Gasteiger partial charge on any atom is 0.130 e. The minimum atomic E-state index is 0.194. The molecule has 3 rings (SSSR count). The van der Waals surface area contributed by atoms with Crippen molar-refractivity contribution in [1.82, 2.24) is 9.88 Å². The minimum Gasteiger partial charge on any atom is -0.488 e. The van der Waals surface area contributed by atoms with Gasteiger partial charge in [0, 0.05) is 36.1 Å². The van der Waals surface area contributed by atoms with E-state index in [0.717, 1.165) is 29.6 Å². The van der Waals surface area contributed by atoms with E-state index >= 15 is 0 Å². The lowest BCUT2D eigenvalue weighted by molar-refractivity contribution is 0.107. The van der Waals surface area contributed by atoms with Crippen LogP contribution in [0.2, 0.25) is 0 Å². The van der Waals surface area contributed by atoms with E-state index in [1.165, 1.54) is 6.42 Å². The van der Waals surface area contributed by atoms with Crippen molar-refractivity contribution in [1.29, 1.82) is 0 Å². The monoisotopic (exact) mass is 298 g/mol. The molecule has 1 aliphatic rings. The number of nitrogens with zero attached hydrogens (tertiary/aromatic N) is 2. The van der Waals surface area contributed by atoms with Crippen molar-refractivity contribution in [2.45, 2.75) is 58.2 Å². The van der Waals surface area contributed by atoms with E-state index in [9.17, 15) is 0 Å². The van der Waals surface area contributed by atoms with Crippen molar-refractivity contribution >= 4 is 10.9 Å². The molecule has 2 atom stereocenters.